The molecule has 0 bridgehead atoms. The first-order valence-electron chi connectivity index (χ1n) is 9.14. The van der Waals surface area contributed by atoms with Crippen molar-refractivity contribution in [2.75, 3.05) is 7.11 Å². The van der Waals surface area contributed by atoms with E-state index in [1.165, 1.54) is 0 Å². The van der Waals surface area contributed by atoms with Crippen LogP contribution in [0.5, 0.6) is 11.5 Å². The van der Waals surface area contributed by atoms with Crippen LogP contribution in [0.25, 0.3) is 0 Å². The molecule has 2 aromatic carbocycles. The van der Waals surface area contributed by atoms with Gasteiger partial charge in [0.1, 0.15) is 11.5 Å². The number of nitrogens with one attached hydrogen (secondary N) is 1. The number of hydrogen-bond donors (Lipinski definition) is 1. The number of halogens is 1. The van der Waals surface area contributed by atoms with E-state index in [1.807, 2.05) is 19.9 Å². The quantitative estimate of drug-likeness (QED) is 0.687. The zero-order valence-corrected chi connectivity index (χ0v) is 17.6. The minimum absolute atomic E-state index is 0.142. The van der Waals surface area contributed by atoms with E-state index in [9.17, 15) is 4.79 Å². The monoisotopic (exact) mass is 389 g/mol. The van der Waals surface area contributed by atoms with Crippen molar-refractivity contribution in [1.82, 2.24) is 5.32 Å². The minimum Gasteiger partial charge on any atom is -0.496 e. The van der Waals surface area contributed by atoms with Crippen molar-refractivity contribution in [3.05, 3.63) is 58.1 Å². The van der Waals surface area contributed by atoms with Gasteiger partial charge in [-0.3, -0.25) is 4.79 Å². The van der Waals surface area contributed by atoms with Crippen LogP contribution in [-0.4, -0.2) is 19.1 Å². The summed E-state index contributed by atoms with van der Waals surface area (Å²) < 4.78 is 11.2. The molecule has 0 unspecified atom stereocenters. The van der Waals surface area contributed by atoms with Gasteiger partial charge in [-0.2, -0.15) is 0 Å². The third-order valence-corrected chi connectivity index (χ3v) is 4.81. The standard InChI is InChI=1S/C22H28ClNO3/c1-13(2)19-12-20(14(3)11-21(19)26-6)15(4)24-22(25)16(5)27-18-9-7-17(23)8-10-18/h7-13,15-16H,1-6H3,(H,24,25)/t15-,16-/m1/s1. The highest BCUT2D eigenvalue weighted by atomic mass is 35.5. The maximum atomic E-state index is 12.6. The summed E-state index contributed by atoms with van der Waals surface area (Å²) in [4.78, 5) is 12.6. The van der Waals surface area contributed by atoms with Gasteiger partial charge in [-0.1, -0.05) is 25.4 Å². The fourth-order valence-electron chi connectivity index (χ4n) is 2.99. The van der Waals surface area contributed by atoms with Gasteiger partial charge >= 0.3 is 0 Å². The Kier molecular flexibility index (Phi) is 7.14. The van der Waals surface area contributed by atoms with Crippen LogP contribution in [-0.2, 0) is 4.79 Å². The fraction of sp³-hybridized carbons (Fsp3) is 0.409. The first kappa shape index (κ1) is 21.1. The Hall–Kier alpha value is -2.20. The maximum absolute atomic E-state index is 12.6. The van der Waals surface area contributed by atoms with Gasteiger partial charge in [-0.25, -0.2) is 0 Å². The van der Waals surface area contributed by atoms with Gasteiger partial charge in [-0.15, -0.1) is 0 Å². The molecule has 0 radical (unpaired) electrons. The number of aryl methyl sites for hydroxylation is 1. The number of hydrogen-bond acceptors (Lipinski definition) is 3. The second-order valence-electron chi connectivity index (χ2n) is 7.05. The van der Waals surface area contributed by atoms with Crippen LogP contribution in [0, 0.1) is 6.92 Å². The van der Waals surface area contributed by atoms with E-state index in [2.05, 4.69) is 25.2 Å². The van der Waals surface area contributed by atoms with E-state index in [0.29, 0.717) is 16.7 Å². The average molecular weight is 390 g/mol. The lowest BCUT2D eigenvalue weighted by Gasteiger charge is -2.22. The van der Waals surface area contributed by atoms with Gasteiger partial charge in [-0.05, 0) is 79.8 Å². The zero-order chi connectivity index (χ0) is 20.1. The molecule has 0 spiro atoms. The molecule has 0 aromatic heterocycles. The second kappa shape index (κ2) is 9.14. The summed E-state index contributed by atoms with van der Waals surface area (Å²) in [6, 6.07) is 11.0. The van der Waals surface area contributed by atoms with E-state index in [-0.39, 0.29) is 11.9 Å². The molecule has 0 heterocycles. The van der Waals surface area contributed by atoms with Crippen molar-refractivity contribution in [3.8, 4) is 11.5 Å². The largest absolute Gasteiger partial charge is 0.496 e. The van der Waals surface area contributed by atoms with Crippen molar-refractivity contribution in [2.24, 2.45) is 0 Å². The lowest BCUT2D eigenvalue weighted by Crippen LogP contribution is -2.38. The Bertz CT molecular complexity index is 787. The molecule has 27 heavy (non-hydrogen) atoms. The average Bonchev–Trinajstić information content (AvgIpc) is 2.62. The first-order valence-corrected chi connectivity index (χ1v) is 9.51. The van der Waals surface area contributed by atoms with E-state index in [1.54, 1.807) is 38.3 Å². The van der Waals surface area contributed by atoms with Crippen LogP contribution < -0.4 is 14.8 Å². The molecule has 2 aromatic rings. The molecule has 0 saturated heterocycles. The summed E-state index contributed by atoms with van der Waals surface area (Å²) in [5.74, 6) is 1.65. The smallest absolute Gasteiger partial charge is 0.261 e. The SMILES string of the molecule is COc1cc(C)c([C@@H](C)NC(=O)[C@@H](C)Oc2ccc(Cl)cc2)cc1C(C)C. The minimum atomic E-state index is -0.614. The summed E-state index contributed by atoms with van der Waals surface area (Å²) in [6.45, 7) is 9.99. The summed E-state index contributed by atoms with van der Waals surface area (Å²) in [5, 5.41) is 3.67. The van der Waals surface area contributed by atoms with Gasteiger partial charge in [0.2, 0.25) is 0 Å². The van der Waals surface area contributed by atoms with Crippen molar-refractivity contribution in [1.29, 1.82) is 0 Å². The van der Waals surface area contributed by atoms with E-state index < -0.39 is 6.10 Å². The highest BCUT2D eigenvalue weighted by Crippen LogP contribution is 2.32. The van der Waals surface area contributed by atoms with Crippen LogP contribution >= 0.6 is 11.6 Å². The van der Waals surface area contributed by atoms with Crippen molar-refractivity contribution < 1.29 is 14.3 Å². The Labute approximate surface area is 166 Å². The second-order valence-corrected chi connectivity index (χ2v) is 7.49. The zero-order valence-electron chi connectivity index (χ0n) is 16.8. The Morgan fingerprint density at radius 1 is 1.04 bits per heavy atom. The molecule has 146 valence electrons. The predicted octanol–water partition coefficient (Wildman–Crippen LogP) is 5.43. The van der Waals surface area contributed by atoms with Crippen molar-refractivity contribution in [3.63, 3.8) is 0 Å². The van der Waals surface area contributed by atoms with E-state index in [0.717, 1.165) is 22.4 Å². The number of carbonyl (C=O) groups excluding carboxylic acids is 1. The maximum Gasteiger partial charge on any atom is 0.261 e. The first-order chi connectivity index (χ1) is 12.7. The molecule has 0 aliphatic heterocycles. The molecule has 5 heteroatoms. The fourth-order valence-corrected chi connectivity index (χ4v) is 3.12. The van der Waals surface area contributed by atoms with Crippen molar-refractivity contribution in [2.45, 2.75) is 52.7 Å². The van der Waals surface area contributed by atoms with Gasteiger partial charge in [0.05, 0.1) is 13.2 Å². The Balaban J connectivity index is 2.11. The third-order valence-electron chi connectivity index (χ3n) is 4.56. The lowest BCUT2D eigenvalue weighted by molar-refractivity contribution is -0.127. The molecule has 1 N–H and O–H groups in total. The molecule has 2 rings (SSSR count). The highest BCUT2D eigenvalue weighted by molar-refractivity contribution is 6.30. The van der Waals surface area contributed by atoms with E-state index in [4.69, 9.17) is 21.1 Å². The van der Waals surface area contributed by atoms with Crippen molar-refractivity contribution >= 4 is 17.5 Å². The third kappa shape index (κ3) is 5.39. The van der Waals surface area contributed by atoms with Gasteiger partial charge in [0.25, 0.3) is 5.91 Å². The van der Waals surface area contributed by atoms with Crippen LogP contribution in [0.2, 0.25) is 5.02 Å². The summed E-state index contributed by atoms with van der Waals surface area (Å²) in [5.41, 5.74) is 3.28. The summed E-state index contributed by atoms with van der Waals surface area (Å²) in [7, 11) is 1.68. The molecular formula is C22H28ClNO3. The number of methoxy groups -OCH3 is 1. The van der Waals surface area contributed by atoms with Crippen LogP contribution in [0.4, 0.5) is 0 Å². The van der Waals surface area contributed by atoms with Gasteiger partial charge in [0.15, 0.2) is 6.10 Å². The topological polar surface area (TPSA) is 47.6 Å². The van der Waals surface area contributed by atoms with Gasteiger partial charge < -0.3 is 14.8 Å². The summed E-state index contributed by atoms with van der Waals surface area (Å²) >= 11 is 5.87. The number of carbonyl (C=O) groups is 1. The molecule has 0 aliphatic rings. The van der Waals surface area contributed by atoms with Crippen LogP contribution in [0.1, 0.15) is 56.3 Å². The molecule has 4 nitrogen and oxygen atoms in total. The molecule has 2 atom stereocenters. The molecule has 0 saturated carbocycles. The normalized spacial score (nSPS) is 13.2. The molecule has 0 aliphatic carbocycles. The van der Waals surface area contributed by atoms with Gasteiger partial charge in [0, 0.05) is 5.02 Å². The highest BCUT2D eigenvalue weighted by Gasteiger charge is 2.20. The Morgan fingerprint density at radius 2 is 1.67 bits per heavy atom. The number of rotatable bonds is 7. The number of ether oxygens (including phenoxy) is 2. The lowest BCUT2D eigenvalue weighted by atomic mass is 9.93. The number of benzene rings is 2. The summed E-state index contributed by atoms with van der Waals surface area (Å²) in [6.07, 6.45) is -0.614. The predicted molar refractivity (Wildman–Crippen MR) is 110 cm³/mol. The Morgan fingerprint density at radius 3 is 2.22 bits per heavy atom. The van der Waals surface area contributed by atoms with E-state index >= 15 is 0 Å². The molecule has 1 amide bonds. The molecular weight excluding hydrogens is 362 g/mol. The number of amides is 1. The van der Waals surface area contributed by atoms with Crippen LogP contribution in [0.15, 0.2) is 36.4 Å². The van der Waals surface area contributed by atoms with Crippen LogP contribution in [0.3, 0.4) is 0 Å². The molecule has 0 fully saturated rings.